The maximum absolute atomic E-state index is 5.71. The first kappa shape index (κ1) is 16.7. The summed E-state index contributed by atoms with van der Waals surface area (Å²) >= 11 is 7.53. The molecule has 25 heavy (non-hydrogen) atoms. The molecule has 2 aromatic heterocycles. The highest BCUT2D eigenvalue weighted by molar-refractivity contribution is 7.71. The van der Waals surface area contributed by atoms with Gasteiger partial charge in [-0.3, -0.25) is 9.47 Å². The van der Waals surface area contributed by atoms with Crippen LogP contribution in [0.5, 0.6) is 0 Å². The molecule has 0 radical (unpaired) electrons. The number of rotatable bonds is 6. The Morgan fingerprint density at radius 1 is 1.28 bits per heavy atom. The molecule has 1 saturated carbocycles. The Morgan fingerprint density at radius 3 is 2.80 bits per heavy atom. The lowest BCUT2D eigenvalue weighted by atomic mass is 10.1. The molecule has 1 aliphatic carbocycles. The van der Waals surface area contributed by atoms with Crippen LogP contribution in [0.25, 0.3) is 5.69 Å². The van der Waals surface area contributed by atoms with Crippen LogP contribution in [0.3, 0.4) is 0 Å². The topological polar surface area (TPSA) is 26.0 Å². The third-order valence-electron chi connectivity index (χ3n) is 4.66. The van der Waals surface area contributed by atoms with Crippen molar-refractivity contribution >= 4 is 23.6 Å². The molecule has 0 N–H and O–H groups in total. The van der Waals surface area contributed by atoms with Crippen LogP contribution in [-0.2, 0) is 13.2 Å². The van der Waals surface area contributed by atoms with Gasteiger partial charge in [0.25, 0.3) is 0 Å². The van der Waals surface area contributed by atoms with Crippen molar-refractivity contribution in [1.82, 2.24) is 19.2 Å². The Morgan fingerprint density at radius 2 is 2.12 bits per heavy atom. The van der Waals surface area contributed by atoms with E-state index in [4.69, 9.17) is 12.2 Å². The molecule has 0 aliphatic heterocycles. The number of hydrogen-bond donors (Lipinski definition) is 0. The number of aromatic nitrogens is 3. The molecular weight excluding hydrogens is 348 g/mol. The zero-order chi connectivity index (χ0) is 17.4. The average molecular weight is 371 g/mol. The number of thiophene rings is 1. The van der Waals surface area contributed by atoms with E-state index in [9.17, 15) is 0 Å². The van der Waals surface area contributed by atoms with E-state index in [-0.39, 0.29) is 0 Å². The van der Waals surface area contributed by atoms with Gasteiger partial charge in [0, 0.05) is 17.5 Å². The van der Waals surface area contributed by atoms with Gasteiger partial charge in [0.2, 0.25) is 4.77 Å². The molecule has 0 atom stereocenters. The fourth-order valence-corrected chi connectivity index (χ4v) is 4.16. The molecule has 0 saturated heterocycles. The molecule has 0 bridgehead atoms. The van der Waals surface area contributed by atoms with Gasteiger partial charge in [0.15, 0.2) is 0 Å². The Labute approximate surface area is 157 Å². The van der Waals surface area contributed by atoms with E-state index in [1.54, 1.807) is 0 Å². The van der Waals surface area contributed by atoms with Gasteiger partial charge in [-0.2, -0.15) is 5.10 Å². The lowest BCUT2D eigenvalue weighted by molar-refractivity contribution is 0.188. The largest absolute Gasteiger partial charge is 0.276 e. The number of nitrogens with zero attached hydrogens (tertiary/aromatic N) is 4. The van der Waals surface area contributed by atoms with Crippen molar-refractivity contribution in [2.75, 3.05) is 0 Å². The highest BCUT2D eigenvalue weighted by Crippen LogP contribution is 2.29. The van der Waals surface area contributed by atoms with Gasteiger partial charge < -0.3 is 0 Å². The fourth-order valence-electron chi connectivity index (χ4n) is 3.18. The van der Waals surface area contributed by atoms with Crippen molar-refractivity contribution in [3.63, 3.8) is 0 Å². The van der Waals surface area contributed by atoms with Gasteiger partial charge in [0.05, 0.1) is 12.4 Å². The molecule has 1 fully saturated rings. The minimum atomic E-state index is 0.662. The van der Waals surface area contributed by atoms with Crippen LogP contribution in [0.4, 0.5) is 0 Å². The van der Waals surface area contributed by atoms with Crippen LogP contribution in [0, 0.1) is 18.6 Å². The maximum Gasteiger partial charge on any atom is 0.203 e. The fraction of sp³-hybridized carbons (Fsp3) is 0.368. The molecule has 3 aromatic rings. The van der Waals surface area contributed by atoms with E-state index in [2.05, 4.69) is 59.6 Å². The normalized spacial score (nSPS) is 14.4. The highest BCUT2D eigenvalue weighted by Gasteiger charge is 2.29. The molecule has 6 heteroatoms. The minimum absolute atomic E-state index is 0.662. The third kappa shape index (κ3) is 3.61. The predicted octanol–water partition coefficient (Wildman–Crippen LogP) is 4.70. The summed E-state index contributed by atoms with van der Waals surface area (Å²) < 4.78 is 4.71. The van der Waals surface area contributed by atoms with Gasteiger partial charge >= 0.3 is 0 Å². The summed E-state index contributed by atoms with van der Waals surface area (Å²) in [6.45, 7) is 5.95. The molecular formula is C19H22N4S2. The number of benzene rings is 1. The van der Waals surface area contributed by atoms with Gasteiger partial charge in [-0.15, -0.1) is 11.3 Å². The van der Waals surface area contributed by atoms with E-state index in [0.717, 1.165) is 23.7 Å². The van der Waals surface area contributed by atoms with Crippen LogP contribution < -0.4 is 0 Å². The van der Waals surface area contributed by atoms with Crippen molar-refractivity contribution in [3.8, 4) is 5.69 Å². The second-order valence-corrected chi connectivity index (χ2v) is 8.17. The van der Waals surface area contributed by atoms with Crippen LogP contribution >= 0.6 is 23.6 Å². The lowest BCUT2D eigenvalue weighted by Crippen LogP contribution is -2.28. The molecule has 1 aromatic carbocycles. The smallest absolute Gasteiger partial charge is 0.203 e. The van der Waals surface area contributed by atoms with Crippen LogP contribution in [0.15, 0.2) is 42.0 Å². The molecule has 0 unspecified atom stereocenters. The third-order valence-corrected chi connectivity index (χ3v) is 5.93. The van der Waals surface area contributed by atoms with Crippen LogP contribution in [0.2, 0.25) is 0 Å². The van der Waals surface area contributed by atoms with E-state index >= 15 is 0 Å². The first-order chi connectivity index (χ1) is 12.1. The molecule has 1 aliphatic rings. The highest BCUT2D eigenvalue weighted by atomic mass is 32.1. The summed E-state index contributed by atoms with van der Waals surface area (Å²) in [7, 11) is 0. The van der Waals surface area contributed by atoms with Gasteiger partial charge in [-0.05, 0) is 62.0 Å². The molecule has 0 spiro atoms. The van der Waals surface area contributed by atoms with Crippen molar-refractivity contribution in [3.05, 3.63) is 62.8 Å². The molecule has 4 rings (SSSR count). The summed E-state index contributed by atoms with van der Waals surface area (Å²) in [4.78, 5) is 3.88. The lowest BCUT2D eigenvalue weighted by Gasteiger charge is -2.20. The van der Waals surface area contributed by atoms with Crippen molar-refractivity contribution in [2.45, 2.75) is 45.9 Å². The Hall–Kier alpha value is -1.76. The molecule has 4 nitrogen and oxygen atoms in total. The summed E-state index contributed by atoms with van der Waals surface area (Å²) in [5, 5.41) is 6.71. The van der Waals surface area contributed by atoms with E-state index in [1.165, 1.54) is 28.8 Å². The Kier molecular flexibility index (Phi) is 4.58. The SMILES string of the molecule is Cc1ccc(-n2cnn(CN(Cc3cccs3)C3CC3)c2=S)c(C)c1. The van der Waals surface area contributed by atoms with Crippen molar-refractivity contribution in [2.24, 2.45) is 0 Å². The molecule has 130 valence electrons. The zero-order valence-electron chi connectivity index (χ0n) is 14.6. The monoisotopic (exact) mass is 370 g/mol. The maximum atomic E-state index is 5.71. The van der Waals surface area contributed by atoms with Crippen LogP contribution in [0.1, 0.15) is 28.8 Å². The van der Waals surface area contributed by atoms with Crippen molar-refractivity contribution < 1.29 is 0 Å². The van der Waals surface area contributed by atoms with Gasteiger partial charge in [-0.25, -0.2) is 4.68 Å². The average Bonchev–Trinajstić information content (AvgIpc) is 3.20. The summed E-state index contributed by atoms with van der Waals surface area (Å²) in [6.07, 6.45) is 4.39. The summed E-state index contributed by atoms with van der Waals surface area (Å²) in [5.41, 5.74) is 3.59. The second-order valence-electron chi connectivity index (χ2n) is 6.77. The quantitative estimate of drug-likeness (QED) is 0.588. The molecule has 2 heterocycles. The van der Waals surface area contributed by atoms with Gasteiger partial charge in [0.1, 0.15) is 6.33 Å². The van der Waals surface area contributed by atoms with Gasteiger partial charge in [-0.1, -0.05) is 23.8 Å². The summed E-state index contributed by atoms with van der Waals surface area (Å²) in [6, 6.07) is 11.4. The Balaban J connectivity index is 1.59. The number of hydrogen-bond acceptors (Lipinski definition) is 4. The zero-order valence-corrected chi connectivity index (χ0v) is 16.2. The first-order valence-corrected chi connectivity index (χ1v) is 9.89. The number of aryl methyl sites for hydroxylation is 2. The minimum Gasteiger partial charge on any atom is -0.276 e. The Bertz CT molecular complexity index is 919. The van der Waals surface area contributed by atoms with E-state index in [0.29, 0.717) is 6.04 Å². The second kappa shape index (κ2) is 6.86. The van der Waals surface area contributed by atoms with E-state index in [1.807, 2.05) is 26.9 Å². The predicted molar refractivity (Wildman–Crippen MR) is 105 cm³/mol. The van der Waals surface area contributed by atoms with E-state index < -0.39 is 0 Å². The van der Waals surface area contributed by atoms with Crippen molar-refractivity contribution in [1.29, 1.82) is 0 Å². The van der Waals surface area contributed by atoms with Crippen LogP contribution in [-0.4, -0.2) is 25.3 Å². The molecule has 0 amide bonds. The standard InChI is InChI=1S/C19H22N4S2/c1-14-5-8-18(15(2)10-14)22-12-20-23(19(22)24)13-21(16-6-7-16)11-17-4-3-9-25-17/h3-5,8-10,12,16H,6-7,11,13H2,1-2H3. The summed E-state index contributed by atoms with van der Waals surface area (Å²) in [5.74, 6) is 0. The first-order valence-electron chi connectivity index (χ1n) is 8.60.